The number of hydrogen-bond acceptors (Lipinski definition) is 2. The first kappa shape index (κ1) is 15.1. The predicted molar refractivity (Wildman–Crippen MR) is 60.4 cm³/mol. The minimum absolute atomic E-state index is 0. The number of halogens is 3. The van der Waals surface area contributed by atoms with Crippen molar-refractivity contribution in [3.05, 3.63) is 27.2 Å². The van der Waals surface area contributed by atoms with Gasteiger partial charge in [-0.1, -0.05) is 34.8 Å². The van der Waals surface area contributed by atoms with E-state index in [1.165, 1.54) is 12.1 Å². The lowest BCUT2D eigenvalue weighted by Crippen LogP contribution is -2.09. The SMILES string of the molecule is O=C(O)COc1ccc(Cl)c(Cl)c1Cl.[Mg]. The van der Waals surface area contributed by atoms with Gasteiger partial charge in [-0.3, -0.25) is 0 Å². The molecule has 0 aliphatic rings. The summed E-state index contributed by atoms with van der Waals surface area (Å²) in [7, 11) is 0. The van der Waals surface area contributed by atoms with E-state index in [1.807, 2.05) is 0 Å². The van der Waals surface area contributed by atoms with Crippen molar-refractivity contribution in [2.45, 2.75) is 0 Å². The van der Waals surface area contributed by atoms with Gasteiger partial charge >= 0.3 is 5.97 Å². The van der Waals surface area contributed by atoms with Crippen LogP contribution < -0.4 is 4.74 Å². The van der Waals surface area contributed by atoms with Crippen molar-refractivity contribution in [2.24, 2.45) is 0 Å². The Balaban J connectivity index is 0.00000196. The Morgan fingerprint density at radius 2 is 1.87 bits per heavy atom. The summed E-state index contributed by atoms with van der Waals surface area (Å²) in [6.07, 6.45) is 0. The topological polar surface area (TPSA) is 46.5 Å². The van der Waals surface area contributed by atoms with Crippen LogP contribution in [0.5, 0.6) is 5.75 Å². The lowest BCUT2D eigenvalue weighted by molar-refractivity contribution is -0.139. The molecule has 15 heavy (non-hydrogen) atoms. The molecular weight excluding hydrogens is 275 g/mol. The quantitative estimate of drug-likeness (QED) is 0.684. The van der Waals surface area contributed by atoms with Gasteiger partial charge in [-0.05, 0) is 12.1 Å². The average Bonchev–Trinajstić information content (AvgIpc) is 2.13. The number of ether oxygens (including phenoxy) is 1. The summed E-state index contributed by atoms with van der Waals surface area (Å²) in [4.78, 5) is 10.2. The van der Waals surface area contributed by atoms with Gasteiger partial charge < -0.3 is 9.84 Å². The molecule has 0 atom stereocenters. The van der Waals surface area contributed by atoms with E-state index in [4.69, 9.17) is 44.6 Å². The first-order chi connectivity index (χ1) is 6.52. The van der Waals surface area contributed by atoms with Gasteiger partial charge in [0.25, 0.3) is 0 Å². The molecule has 0 fully saturated rings. The monoisotopic (exact) mass is 278 g/mol. The highest BCUT2D eigenvalue weighted by molar-refractivity contribution is 6.48. The molecule has 0 unspecified atom stereocenters. The number of carboxylic acids is 1. The zero-order valence-electron chi connectivity index (χ0n) is 7.47. The number of hydrogen-bond donors (Lipinski definition) is 1. The zero-order valence-corrected chi connectivity index (χ0v) is 11.1. The van der Waals surface area contributed by atoms with E-state index in [9.17, 15) is 4.79 Å². The van der Waals surface area contributed by atoms with Gasteiger partial charge in [0.2, 0.25) is 0 Å². The third-order valence-corrected chi connectivity index (χ3v) is 2.63. The molecule has 0 saturated heterocycles. The number of rotatable bonds is 3. The number of benzene rings is 1. The van der Waals surface area contributed by atoms with Crippen LogP contribution in [-0.4, -0.2) is 40.7 Å². The molecule has 0 aromatic heterocycles. The van der Waals surface area contributed by atoms with Gasteiger partial charge in [0.05, 0.1) is 10.0 Å². The summed E-state index contributed by atoms with van der Waals surface area (Å²) in [5.41, 5.74) is 0. The normalized spacial score (nSPS) is 9.27. The highest BCUT2D eigenvalue weighted by Gasteiger charge is 2.10. The lowest BCUT2D eigenvalue weighted by atomic mass is 10.3. The van der Waals surface area contributed by atoms with E-state index in [0.717, 1.165) is 0 Å². The molecule has 0 aliphatic carbocycles. The van der Waals surface area contributed by atoms with Gasteiger partial charge in [0.1, 0.15) is 10.8 Å². The van der Waals surface area contributed by atoms with Crippen LogP contribution in [0, 0.1) is 0 Å². The molecule has 0 bridgehead atoms. The fourth-order valence-electron chi connectivity index (χ4n) is 0.759. The molecule has 0 spiro atoms. The Labute approximate surface area is 117 Å². The van der Waals surface area contributed by atoms with Crippen LogP contribution in [0.2, 0.25) is 15.1 Å². The smallest absolute Gasteiger partial charge is 0.341 e. The fourth-order valence-corrected chi connectivity index (χ4v) is 1.34. The second kappa shape index (κ2) is 6.65. The minimum atomic E-state index is -1.09. The minimum Gasteiger partial charge on any atom is -0.480 e. The lowest BCUT2D eigenvalue weighted by Gasteiger charge is -2.07. The molecule has 1 aromatic carbocycles. The van der Waals surface area contributed by atoms with Gasteiger partial charge in [0.15, 0.2) is 6.61 Å². The summed E-state index contributed by atoms with van der Waals surface area (Å²) < 4.78 is 4.86. The molecule has 0 heterocycles. The molecular formula is C8H5Cl3MgO3. The van der Waals surface area contributed by atoms with E-state index >= 15 is 0 Å². The maximum absolute atomic E-state index is 10.2. The summed E-state index contributed by atoms with van der Waals surface area (Å²) in [5.74, 6) is -0.893. The van der Waals surface area contributed by atoms with Gasteiger partial charge in [-0.15, -0.1) is 0 Å². The molecule has 78 valence electrons. The summed E-state index contributed by atoms with van der Waals surface area (Å²) in [6, 6.07) is 2.94. The predicted octanol–water partition coefficient (Wildman–Crippen LogP) is 2.73. The number of carbonyl (C=O) groups is 1. The first-order valence-electron chi connectivity index (χ1n) is 3.50. The second-order valence-corrected chi connectivity index (χ2v) is 3.52. The largest absolute Gasteiger partial charge is 0.480 e. The molecule has 3 nitrogen and oxygen atoms in total. The first-order valence-corrected chi connectivity index (χ1v) is 4.64. The van der Waals surface area contributed by atoms with Crippen molar-refractivity contribution in [3.63, 3.8) is 0 Å². The van der Waals surface area contributed by atoms with Gasteiger partial charge in [0, 0.05) is 23.1 Å². The molecule has 0 aliphatic heterocycles. The second-order valence-electron chi connectivity index (χ2n) is 2.36. The Bertz CT molecular complexity index is 370. The third-order valence-electron chi connectivity index (χ3n) is 1.35. The Morgan fingerprint density at radius 1 is 1.27 bits per heavy atom. The molecule has 1 rings (SSSR count). The highest BCUT2D eigenvalue weighted by Crippen LogP contribution is 2.36. The zero-order chi connectivity index (χ0) is 10.7. The van der Waals surface area contributed by atoms with E-state index in [1.54, 1.807) is 0 Å². The summed E-state index contributed by atoms with van der Waals surface area (Å²) >= 11 is 17.1. The average molecular weight is 280 g/mol. The number of aliphatic carboxylic acids is 1. The Morgan fingerprint density at radius 3 is 2.40 bits per heavy atom. The van der Waals surface area contributed by atoms with Gasteiger partial charge in [-0.2, -0.15) is 0 Å². The van der Waals surface area contributed by atoms with Crippen molar-refractivity contribution in [3.8, 4) is 5.75 Å². The third kappa shape index (κ3) is 4.24. The van der Waals surface area contributed by atoms with Crippen LogP contribution >= 0.6 is 34.8 Å². The summed E-state index contributed by atoms with van der Waals surface area (Å²) in [6.45, 7) is -0.475. The Hall–Kier alpha value is 0.126. The van der Waals surface area contributed by atoms with Crippen LogP contribution in [-0.2, 0) is 4.79 Å². The van der Waals surface area contributed by atoms with Crippen molar-refractivity contribution in [1.82, 2.24) is 0 Å². The fraction of sp³-hybridized carbons (Fsp3) is 0.125. The van der Waals surface area contributed by atoms with Crippen LogP contribution in [0.25, 0.3) is 0 Å². The van der Waals surface area contributed by atoms with Crippen LogP contribution in [0.15, 0.2) is 12.1 Å². The van der Waals surface area contributed by atoms with Crippen molar-refractivity contribution >= 4 is 63.8 Å². The molecule has 2 radical (unpaired) electrons. The molecule has 7 heteroatoms. The van der Waals surface area contributed by atoms with E-state index in [2.05, 4.69) is 0 Å². The summed E-state index contributed by atoms with van der Waals surface area (Å²) in [5, 5.41) is 8.91. The van der Waals surface area contributed by atoms with Crippen molar-refractivity contribution in [2.75, 3.05) is 6.61 Å². The highest BCUT2D eigenvalue weighted by atomic mass is 35.5. The van der Waals surface area contributed by atoms with E-state index in [0.29, 0.717) is 5.02 Å². The Kier molecular flexibility index (Phi) is 6.71. The van der Waals surface area contributed by atoms with Crippen LogP contribution in [0.1, 0.15) is 0 Å². The van der Waals surface area contributed by atoms with Crippen LogP contribution in [0.3, 0.4) is 0 Å². The van der Waals surface area contributed by atoms with Crippen LogP contribution in [0.4, 0.5) is 0 Å². The van der Waals surface area contributed by atoms with E-state index < -0.39 is 12.6 Å². The molecule has 0 amide bonds. The maximum Gasteiger partial charge on any atom is 0.341 e. The number of carboxylic acid groups (broad SMARTS) is 1. The maximum atomic E-state index is 10.2. The van der Waals surface area contributed by atoms with E-state index in [-0.39, 0.29) is 38.8 Å². The van der Waals surface area contributed by atoms with Gasteiger partial charge in [-0.25, -0.2) is 4.79 Å². The molecule has 1 aromatic rings. The standard InChI is InChI=1S/C8H5Cl3O3.Mg/c9-4-1-2-5(8(11)7(4)10)14-3-6(12)13;/h1-2H,3H2,(H,12,13);. The van der Waals surface area contributed by atoms with Crippen molar-refractivity contribution in [1.29, 1.82) is 0 Å². The van der Waals surface area contributed by atoms with Crippen molar-refractivity contribution < 1.29 is 14.6 Å². The molecule has 1 N–H and O–H groups in total. The molecule has 0 saturated carbocycles.